The molecule has 2 aromatic rings. The zero-order chi connectivity index (χ0) is 18.7. The molecule has 0 saturated carbocycles. The molecular weight excluding hydrogens is 346 g/mol. The van der Waals surface area contributed by atoms with Gasteiger partial charge in [0, 0.05) is 11.6 Å². The van der Waals surface area contributed by atoms with Gasteiger partial charge in [-0.25, -0.2) is 8.42 Å². The van der Waals surface area contributed by atoms with Gasteiger partial charge in [-0.2, -0.15) is 0 Å². The normalized spacial score (nSPS) is 18.2. The topological polar surface area (TPSA) is 61.8 Å². The van der Waals surface area contributed by atoms with Gasteiger partial charge in [-0.05, 0) is 75.5 Å². The van der Waals surface area contributed by atoms with Crippen LogP contribution in [-0.4, -0.2) is 40.3 Å². The minimum absolute atomic E-state index is 0.0286. The lowest BCUT2D eigenvalue weighted by molar-refractivity contribution is 0.247. The number of nitrogens with zero attached hydrogens (tertiary/aromatic N) is 2. The fourth-order valence-electron chi connectivity index (χ4n) is 3.69. The highest BCUT2D eigenvalue weighted by Gasteiger charge is 2.29. The van der Waals surface area contributed by atoms with E-state index in [0.717, 1.165) is 19.3 Å². The first-order valence-electron chi connectivity index (χ1n) is 8.75. The fourth-order valence-corrected chi connectivity index (χ4v) is 4.76. The zero-order valence-electron chi connectivity index (χ0n) is 15.2. The highest BCUT2D eigenvalue weighted by molar-refractivity contribution is 7.92. The van der Waals surface area contributed by atoms with E-state index in [-0.39, 0.29) is 17.0 Å². The Labute approximate surface area is 155 Å². The molecule has 2 unspecified atom stereocenters. The first-order chi connectivity index (χ1) is 12.4. The average Bonchev–Trinajstić information content (AvgIpc) is 2.62. The van der Waals surface area contributed by atoms with E-state index in [0.29, 0.717) is 5.69 Å². The Balaban J connectivity index is 1.88. The van der Waals surface area contributed by atoms with Crippen molar-refractivity contribution in [3.63, 3.8) is 0 Å². The molecule has 1 N–H and O–H groups in total. The smallest absolute Gasteiger partial charge is 0.261 e. The van der Waals surface area contributed by atoms with Crippen molar-refractivity contribution in [1.82, 2.24) is 4.90 Å². The second-order valence-corrected chi connectivity index (χ2v) is 8.57. The standard InChI is InChI=1S/C20H25N3O2S/c1-21-20(23(2)3)19-11-7-8-15-14-16(12-13-18(15)19)22-26(24,25)17-9-5-4-6-10-17/h4-6,9-10,12-14,19-20,22H,1,7-8,11H2,2-3H3. The Morgan fingerprint density at radius 2 is 1.92 bits per heavy atom. The fraction of sp³-hybridized carbons (Fsp3) is 0.350. The van der Waals surface area contributed by atoms with Crippen LogP contribution in [0.5, 0.6) is 0 Å². The number of aryl methyl sites for hydroxylation is 1. The van der Waals surface area contributed by atoms with E-state index < -0.39 is 10.0 Å². The van der Waals surface area contributed by atoms with Crippen LogP contribution in [0.25, 0.3) is 0 Å². The molecule has 0 spiro atoms. The maximum Gasteiger partial charge on any atom is 0.261 e. The van der Waals surface area contributed by atoms with Gasteiger partial charge < -0.3 is 0 Å². The summed E-state index contributed by atoms with van der Waals surface area (Å²) in [6, 6.07) is 14.2. The summed E-state index contributed by atoms with van der Waals surface area (Å²) in [6.45, 7) is 3.75. The second kappa shape index (κ2) is 7.60. The number of fused-ring (bicyclic) bond motifs is 1. The van der Waals surface area contributed by atoms with E-state index in [1.165, 1.54) is 11.1 Å². The number of anilines is 1. The van der Waals surface area contributed by atoms with Crippen molar-refractivity contribution < 1.29 is 8.42 Å². The van der Waals surface area contributed by atoms with Gasteiger partial charge in [0.2, 0.25) is 0 Å². The largest absolute Gasteiger partial charge is 0.288 e. The molecule has 0 radical (unpaired) electrons. The van der Waals surface area contributed by atoms with Crippen molar-refractivity contribution in [2.24, 2.45) is 4.99 Å². The number of nitrogens with one attached hydrogen (secondary N) is 1. The van der Waals surface area contributed by atoms with Crippen molar-refractivity contribution in [3.05, 3.63) is 59.7 Å². The lowest BCUT2D eigenvalue weighted by Gasteiger charge is -2.33. The molecule has 0 aromatic heterocycles. The minimum Gasteiger partial charge on any atom is -0.288 e. The van der Waals surface area contributed by atoms with Gasteiger partial charge in [-0.15, -0.1) is 0 Å². The van der Waals surface area contributed by atoms with Crippen LogP contribution in [0.15, 0.2) is 58.4 Å². The maximum atomic E-state index is 12.5. The number of likely N-dealkylation sites (N-methyl/N-ethyl adjacent to an activating group) is 1. The minimum atomic E-state index is -3.57. The Morgan fingerprint density at radius 3 is 2.58 bits per heavy atom. The molecule has 0 amide bonds. The van der Waals surface area contributed by atoms with Gasteiger partial charge in [0.15, 0.2) is 0 Å². The number of rotatable bonds is 6. The maximum absolute atomic E-state index is 12.5. The first-order valence-corrected chi connectivity index (χ1v) is 10.2. The highest BCUT2D eigenvalue weighted by Crippen LogP contribution is 2.37. The van der Waals surface area contributed by atoms with E-state index in [9.17, 15) is 8.42 Å². The molecule has 0 aliphatic heterocycles. The molecule has 2 aromatic carbocycles. The lowest BCUT2D eigenvalue weighted by atomic mass is 9.80. The van der Waals surface area contributed by atoms with Gasteiger partial charge in [-0.1, -0.05) is 24.3 Å². The van der Waals surface area contributed by atoms with Gasteiger partial charge in [0.25, 0.3) is 10.0 Å². The van der Waals surface area contributed by atoms with Gasteiger partial charge in [0.05, 0.1) is 4.90 Å². The van der Waals surface area contributed by atoms with Gasteiger partial charge >= 0.3 is 0 Å². The number of benzene rings is 2. The molecule has 138 valence electrons. The Morgan fingerprint density at radius 1 is 1.19 bits per heavy atom. The number of aliphatic imine (C=N–C) groups is 1. The van der Waals surface area contributed by atoms with E-state index in [1.807, 2.05) is 32.3 Å². The predicted molar refractivity (Wildman–Crippen MR) is 106 cm³/mol. The lowest BCUT2D eigenvalue weighted by Crippen LogP contribution is -2.34. The van der Waals surface area contributed by atoms with Gasteiger partial charge in [-0.3, -0.25) is 14.6 Å². The third kappa shape index (κ3) is 3.81. The summed E-state index contributed by atoms with van der Waals surface area (Å²) in [7, 11) is 0.445. The summed E-state index contributed by atoms with van der Waals surface area (Å²) in [6.07, 6.45) is 3.10. The summed E-state index contributed by atoms with van der Waals surface area (Å²) in [5, 5.41) is 0. The summed E-state index contributed by atoms with van der Waals surface area (Å²) in [5.74, 6) is 0.283. The van der Waals surface area contributed by atoms with Crippen LogP contribution in [0.4, 0.5) is 5.69 Å². The average molecular weight is 372 g/mol. The molecular formula is C20H25N3O2S. The van der Waals surface area contributed by atoms with Crippen molar-refractivity contribution in [1.29, 1.82) is 0 Å². The SMILES string of the molecule is C=NC(C1CCCc2cc(NS(=O)(=O)c3ccccc3)ccc21)N(C)C. The van der Waals surface area contributed by atoms with E-state index in [4.69, 9.17) is 0 Å². The molecule has 5 nitrogen and oxygen atoms in total. The molecule has 6 heteroatoms. The summed E-state index contributed by atoms with van der Waals surface area (Å²) in [5.41, 5.74) is 3.02. The quantitative estimate of drug-likeness (QED) is 0.791. The molecule has 1 aliphatic carbocycles. The zero-order valence-corrected chi connectivity index (χ0v) is 16.0. The van der Waals surface area contributed by atoms with Crippen LogP contribution in [0.2, 0.25) is 0 Å². The Bertz CT molecular complexity index is 879. The third-order valence-corrected chi connectivity index (χ3v) is 6.28. The molecule has 2 atom stereocenters. The van der Waals surface area contributed by atoms with Crippen molar-refractivity contribution in [3.8, 4) is 0 Å². The number of hydrogen-bond acceptors (Lipinski definition) is 4. The van der Waals surface area contributed by atoms with Crippen LogP contribution in [0.1, 0.15) is 29.9 Å². The van der Waals surface area contributed by atoms with E-state index in [2.05, 4.69) is 21.3 Å². The van der Waals surface area contributed by atoms with Crippen molar-refractivity contribution in [2.45, 2.75) is 36.2 Å². The molecule has 1 aliphatic rings. The number of hydrogen-bond donors (Lipinski definition) is 1. The van der Waals surface area contributed by atoms with Crippen LogP contribution in [0.3, 0.4) is 0 Å². The van der Waals surface area contributed by atoms with E-state index in [1.54, 1.807) is 30.3 Å². The van der Waals surface area contributed by atoms with Crippen LogP contribution in [0, 0.1) is 0 Å². The molecule has 26 heavy (non-hydrogen) atoms. The summed E-state index contributed by atoms with van der Waals surface area (Å²) >= 11 is 0. The molecule has 0 saturated heterocycles. The molecule has 0 fully saturated rings. The molecule has 3 rings (SSSR count). The predicted octanol–water partition coefficient (Wildman–Crippen LogP) is 3.50. The van der Waals surface area contributed by atoms with Crippen molar-refractivity contribution in [2.75, 3.05) is 18.8 Å². The van der Waals surface area contributed by atoms with Crippen LogP contribution < -0.4 is 4.72 Å². The van der Waals surface area contributed by atoms with E-state index >= 15 is 0 Å². The van der Waals surface area contributed by atoms with Gasteiger partial charge in [0.1, 0.15) is 6.17 Å². The Kier molecular flexibility index (Phi) is 5.44. The van der Waals surface area contributed by atoms with Crippen LogP contribution >= 0.6 is 0 Å². The summed E-state index contributed by atoms with van der Waals surface area (Å²) < 4.78 is 27.8. The summed E-state index contributed by atoms with van der Waals surface area (Å²) in [4.78, 5) is 6.64. The van der Waals surface area contributed by atoms with Crippen LogP contribution in [-0.2, 0) is 16.4 Å². The highest BCUT2D eigenvalue weighted by atomic mass is 32.2. The number of sulfonamides is 1. The Hall–Kier alpha value is -2.18. The van der Waals surface area contributed by atoms with Crippen molar-refractivity contribution >= 4 is 22.4 Å². The monoisotopic (exact) mass is 371 g/mol. The third-order valence-electron chi connectivity index (χ3n) is 4.89. The first kappa shape index (κ1) is 18.6. The molecule has 0 bridgehead atoms. The second-order valence-electron chi connectivity index (χ2n) is 6.89. The molecule has 0 heterocycles.